The highest BCUT2D eigenvalue weighted by Crippen LogP contribution is 2.22. The number of aromatic nitrogens is 3. The quantitative estimate of drug-likeness (QED) is 0.722. The van der Waals surface area contributed by atoms with Crippen LogP contribution in [-0.4, -0.2) is 28.1 Å². The fraction of sp³-hybridized carbons (Fsp3) is 0.125. The Bertz CT molecular complexity index is 852. The van der Waals surface area contributed by atoms with Gasteiger partial charge in [-0.15, -0.1) is 0 Å². The van der Waals surface area contributed by atoms with Gasteiger partial charge in [-0.2, -0.15) is 4.98 Å². The molecule has 3 rings (SSSR count). The number of pyridine rings is 1. The smallest absolute Gasteiger partial charge is 0.252 e. The Balaban J connectivity index is 1.68. The molecule has 0 radical (unpaired) electrons. The second kappa shape index (κ2) is 7.22. The third-order valence-corrected chi connectivity index (χ3v) is 3.92. The molecule has 0 aliphatic carbocycles. The second-order valence-corrected chi connectivity index (χ2v) is 5.63. The summed E-state index contributed by atoms with van der Waals surface area (Å²) in [7, 11) is 1.55. The van der Waals surface area contributed by atoms with Crippen LogP contribution in [0.25, 0.3) is 11.4 Å². The first-order chi connectivity index (χ1) is 11.7. The van der Waals surface area contributed by atoms with E-state index in [-0.39, 0.29) is 12.5 Å². The Morgan fingerprint density at radius 3 is 2.83 bits per heavy atom. The van der Waals surface area contributed by atoms with Gasteiger partial charge in [-0.25, -0.2) is 0 Å². The number of carbonyl (C=O) groups is 1. The van der Waals surface area contributed by atoms with E-state index in [4.69, 9.17) is 9.26 Å². The number of rotatable bonds is 5. The largest absolute Gasteiger partial charge is 0.497 e. The molecule has 0 fully saturated rings. The Hall–Kier alpha value is -2.74. The molecular formula is C16H13BrN4O3. The zero-order chi connectivity index (χ0) is 16.9. The SMILES string of the molecule is COc1ccc(Br)c(C(=O)NCc2nc(-c3ccncc3)no2)c1. The monoisotopic (exact) mass is 388 g/mol. The van der Waals surface area contributed by atoms with E-state index in [1.54, 1.807) is 49.8 Å². The van der Waals surface area contributed by atoms with Crippen LogP contribution in [0.15, 0.2) is 51.7 Å². The maximum absolute atomic E-state index is 12.3. The number of hydrogen-bond acceptors (Lipinski definition) is 6. The van der Waals surface area contributed by atoms with E-state index in [2.05, 4.69) is 36.4 Å². The highest BCUT2D eigenvalue weighted by atomic mass is 79.9. The van der Waals surface area contributed by atoms with Gasteiger partial charge in [0.25, 0.3) is 5.91 Å². The first kappa shape index (κ1) is 16.1. The summed E-state index contributed by atoms with van der Waals surface area (Å²) in [6, 6.07) is 8.72. The number of carbonyl (C=O) groups excluding carboxylic acids is 1. The zero-order valence-electron chi connectivity index (χ0n) is 12.7. The minimum Gasteiger partial charge on any atom is -0.497 e. The van der Waals surface area contributed by atoms with Gasteiger partial charge in [0.15, 0.2) is 0 Å². The fourth-order valence-corrected chi connectivity index (χ4v) is 2.43. The van der Waals surface area contributed by atoms with Crippen LogP contribution >= 0.6 is 15.9 Å². The summed E-state index contributed by atoms with van der Waals surface area (Å²) in [5, 5.41) is 6.63. The van der Waals surface area contributed by atoms with Crippen LogP contribution in [0.4, 0.5) is 0 Å². The van der Waals surface area contributed by atoms with Crippen LogP contribution < -0.4 is 10.1 Å². The normalized spacial score (nSPS) is 10.4. The zero-order valence-corrected chi connectivity index (χ0v) is 14.3. The van der Waals surface area contributed by atoms with Gasteiger partial charge < -0.3 is 14.6 Å². The van der Waals surface area contributed by atoms with Crippen LogP contribution in [0.3, 0.4) is 0 Å². The van der Waals surface area contributed by atoms with Gasteiger partial charge in [-0.05, 0) is 46.3 Å². The number of hydrogen-bond donors (Lipinski definition) is 1. The molecule has 7 nitrogen and oxygen atoms in total. The van der Waals surface area contributed by atoms with Crippen molar-refractivity contribution in [3.05, 3.63) is 58.7 Å². The van der Waals surface area contributed by atoms with Crippen molar-refractivity contribution in [2.75, 3.05) is 7.11 Å². The van der Waals surface area contributed by atoms with Gasteiger partial charge in [-0.3, -0.25) is 9.78 Å². The maximum atomic E-state index is 12.3. The third kappa shape index (κ3) is 3.60. The Kier molecular flexibility index (Phi) is 4.85. The van der Waals surface area contributed by atoms with Gasteiger partial charge in [0, 0.05) is 22.4 Å². The van der Waals surface area contributed by atoms with E-state index in [1.165, 1.54) is 0 Å². The molecule has 1 N–H and O–H groups in total. The van der Waals surface area contributed by atoms with Crippen LogP contribution in [0.5, 0.6) is 5.75 Å². The molecule has 0 saturated carbocycles. The van der Waals surface area contributed by atoms with Gasteiger partial charge in [-0.1, -0.05) is 5.16 Å². The number of nitrogens with zero attached hydrogens (tertiary/aromatic N) is 3. The summed E-state index contributed by atoms with van der Waals surface area (Å²) in [5.41, 5.74) is 1.25. The Morgan fingerprint density at radius 2 is 2.08 bits per heavy atom. The predicted octanol–water partition coefficient (Wildman–Crippen LogP) is 2.83. The minimum atomic E-state index is -0.274. The molecule has 0 aliphatic heterocycles. The number of benzene rings is 1. The van der Waals surface area contributed by atoms with E-state index in [0.717, 1.165) is 5.56 Å². The van der Waals surface area contributed by atoms with Crippen molar-refractivity contribution in [1.82, 2.24) is 20.4 Å². The molecule has 0 unspecified atom stereocenters. The van der Waals surface area contributed by atoms with Crippen molar-refractivity contribution in [2.45, 2.75) is 6.54 Å². The summed E-state index contributed by atoms with van der Waals surface area (Å²) >= 11 is 3.35. The van der Waals surface area contributed by atoms with Crippen molar-refractivity contribution in [1.29, 1.82) is 0 Å². The summed E-state index contributed by atoms with van der Waals surface area (Å²) in [4.78, 5) is 20.5. The van der Waals surface area contributed by atoms with Gasteiger partial charge in [0.05, 0.1) is 19.2 Å². The average molecular weight is 389 g/mol. The average Bonchev–Trinajstić information content (AvgIpc) is 3.10. The van der Waals surface area contributed by atoms with E-state index in [1.807, 2.05) is 0 Å². The molecule has 2 heterocycles. The number of amides is 1. The molecule has 3 aromatic rings. The molecule has 2 aromatic heterocycles. The second-order valence-electron chi connectivity index (χ2n) is 4.78. The topological polar surface area (TPSA) is 90.1 Å². The lowest BCUT2D eigenvalue weighted by molar-refractivity contribution is 0.0945. The minimum absolute atomic E-state index is 0.126. The number of halogens is 1. The first-order valence-electron chi connectivity index (χ1n) is 7.02. The standard InChI is InChI=1S/C16H13BrN4O3/c1-23-11-2-3-13(17)12(8-11)16(22)19-9-14-20-15(21-24-14)10-4-6-18-7-5-10/h2-8H,9H2,1H3,(H,19,22). The Labute approximate surface area is 146 Å². The number of nitrogens with one attached hydrogen (secondary N) is 1. The van der Waals surface area contributed by atoms with E-state index in [0.29, 0.717) is 27.5 Å². The lowest BCUT2D eigenvalue weighted by Crippen LogP contribution is -2.23. The third-order valence-electron chi connectivity index (χ3n) is 3.22. The molecule has 24 heavy (non-hydrogen) atoms. The van der Waals surface area contributed by atoms with Crippen LogP contribution in [0.1, 0.15) is 16.2 Å². The number of ether oxygens (including phenoxy) is 1. The van der Waals surface area contributed by atoms with E-state index in [9.17, 15) is 4.79 Å². The summed E-state index contributed by atoms with van der Waals surface area (Å²) in [6.45, 7) is 0.126. The van der Waals surface area contributed by atoms with Crippen LogP contribution in [0, 0.1) is 0 Å². The molecule has 122 valence electrons. The molecule has 0 spiro atoms. The van der Waals surface area contributed by atoms with E-state index < -0.39 is 0 Å². The molecule has 1 aromatic carbocycles. The molecule has 8 heteroatoms. The van der Waals surface area contributed by atoms with Crippen LogP contribution in [-0.2, 0) is 6.54 Å². The molecule has 0 atom stereocenters. The number of methoxy groups -OCH3 is 1. The van der Waals surface area contributed by atoms with Gasteiger partial charge in [0.1, 0.15) is 5.75 Å². The van der Waals surface area contributed by atoms with Crippen LogP contribution in [0.2, 0.25) is 0 Å². The highest BCUT2D eigenvalue weighted by molar-refractivity contribution is 9.10. The predicted molar refractivity (Wildman–Crippen MR) is 89.4 cm³/mol. The van der Waals surface area contributed by atoms with Gasteiger partial charge >= 0.3 is 0 Å². The first-order valence-corrected chi connectivity index (χ1v) is 7.81. The van der Waals surface area contributed by atoms with Crippen molar-refractivity contribution in [3.63, 3.8) is 0 Å². The highest BCUT2D eigenvalue weighted by Gasteiger charge is 2.14. The van der Waals surface area contributed by atoms with Crippen molar-refractivity contribution in [2.24, 2.45) is 0 Å². The van der Waals surface area contributed by atoms with Crippen molar-refractivity contribution >= 4 is 21.8 Å². The molecule has 0 saturated heterocycles. The lowest BCUT2D eigenvalue weighted by atomic mass is 10.2. The van der Waals surface area contributed by atoms with Crippen molar-refractivity contribution < 1.29 is 14.1 Å². The fourth-order valence-electron chi connectivity index (χ4n) is 2.00. The molecular weight excluding hydrogens is 376 g/mol. The summed E-state index contributed by atoms with van der Waals surface area (Å²) in [6.07, 6.45) is 3.29. The lowest BCUT2D eigenvalue weighted by Gasteiger charge is -2.07. The summed E-state index contributed by atoms with van der Waals surface area (Å²) < 4.78 is 10.9. The van der Waals surface area contributed by atoms with E-state index >= 15 is 0 Å². The van der Waals surface area contributed by atoms with Crippen molar-refractivity contribution in [3.8, 4) is 17.1 Å². The molecule has 0 aliphatic rings. The van der Waals surface area contributed by atoms with Gasteiger partial charge in [0.2, 0.25) is 11.7 Å². The molecule has 1 amide bonds. The Morgan fingerprint density at radius 1 is 1.29 bits per heavy atom. The summed E-state index contributed by atoms with van der Waals surface area (Å²) in [5.74, 6) is 1.09. The maximum Gasteiger partial charge on any atom is 0.252 e. The molecule has 0 bridgehead atoms.